The largest absolute Gasteiger partial charge is 0.394 e. The van der Waals surface area contributed by atoms with Gasteiger partial charge in [-0.1, -0.05) is 0 Å². The highest BCUT2D eigenvalue weighted by atomic mass is 16.3. The van der Waals surface area contributed by atoms with Gasteiger partial charge in [0, 0.05) is 36.8 Å². The van der Waals surface area contributed by atoms with Gasteiger partial charge in [0.2, 0.25) is 0 Å². The molecule has 0 aromatic rings. The molecule has 4 heteroatoms. The van der Waals surface area contributed by atoms with Gasteiger partial charge in [0.25, 0.3) is 0 Å². The minimum absolute atomic E-state index is 0.126. The number of aliphatic hydroxyl groups excluding tert-OH is 1. The molecular weight excluding hydrogens is 226 g/mol. The Balaban J connectivity index is 2.00. The summed E-state index contributed by atoms with van der Waals surface area (Å²) < 4.78 is 0. The summed E-state index contributed by atoms with van der Waals surface area (Å²) in [7, 11) is 2.21. The molecule has 1 heterocycles. The molecule has 0 amide bonds. The number of likely N-dealkylation sites (N-methyl/N-ethyl adjacent to an activating group) is 1. The number of aliphatic hydroxyl groups is 1. The monoisotopic (exact) mass is 255 g/mol. The van der Waals surface area contributed by atoms with Crippen LogP contribution in [0.15, 0.2) is 0 Å². The lowest BCUT2D eigenvalue weighted by atomic mass is 9.79. The summed E-state index contributed by atoms with van der Waals surface area (Å²) in [6, 6.07) is 0.559. The number of hydrogen-bond acceptors (Lipinski definition) is 4. The van der Waals surface area contributed by atoms with Crippen LogP contribution >= 0.6 is 0 Å². The normalized spacial score (nSPS) is 38.8. The molecule has 2 fully saturated rings. The molecule has 3 N–H and O–H groups in total. The van der Waals surface area contributed by atoms with E-state index in [0.29, 0.717) is 6.04 Å². The van der Waals surface area contributed by atoms with Crippen molar-refractivity contribution in [1.82, 2.24) is 9.80 Å². The quantitative estimate of drug-likeness (QED) is 0.760. The fourth-order valence-corrected chi connectivity index (χ4v) is 3.41. The lowest BCUT2D eigenvalue weighted by Gasteiger charge is -2.50. The molecule has 18 heavy (non-hydrogen) atoms. The van der Waals surface area contributed by atoms with Crippen LogP contribution in [-0.2, 0) is 0 Å². The van der Waals surface area contributed by atoms with E-state index < -0.39 is 0 Å². The van der Waals surface area contributed by atoms with Crippen LogP contribution in [0, 0.1) is 0 Å². The number of rotatable bonds is 2. The fourth-order valence-electron chi connectivity index (χ4n) is 3.41. The van der Waals surface area contributed by atoms with Gasteiger partial charge in [0.1, 0.15) is 0 Å². The van der Waals surface area contributed by atoms with Crippen molar-refractivity contribution in [2.45, 2.75) is 56.7 Å². The van der Waals surface area contributed by atoms with Gasteiger partial charge in [0.15, 0.2) is 0 Å². The average Bonchev–Trinajstić information content (AvgIpc) is 2.33. The number of nitrogens with two attached hydrogens (primary N) is 1. The van der Waals surface area contributed by atoms with E-state index in [-0.39, 0.29) is 17.7 Å². The van der Waals surface area contributed by atoms with E-state index in [4.69, 9.17) is 5.73 Å². The molecule has 2 rings (SSSR count). The predicted molar refractivity (Wildman–Crippen MR) is 74.5 cm³/mol. The topological polar surface area (TPSA) is 52.7 Å². The first-order valence-electron chi connectivity index (χ1n) is 7.21. The van der Waals surface area contributed by atoms with Gasteiger partial charge in [-0.25, -0.2) is 0 Å². The Morgan fingerprint density at radius 1 is 1.33 bits per heavy atom. The summed E-state index contributed by atoms with van der Waals surface area (Å²) in [5.41, 5.74) is 6.17. The summed E-state index contributed by atoms with van der Waals surface area (Å²) in [5, 5.41) is 9.46. The van der Waals surface area contributed by atoms with Gasteiger partial charge in [0.05, 0.1) is 6.61 Å². The van der Waals surface area contributed by atoms with Crippen molar-refractivity contribution < 1.29 is 5.11 Å². The molecule has 1 saturated heterocycles. The van der Waals surface area contributed by atoms with E-state index in [1.165, 1.54) is 6.42 Å². The maximum Gasteiger partial charge on any atom is 0.0611 e. The van der Waals surface area contributed by atoms with Gasteiger partial charge in [-0.15, -0.1) is 0 Å². The molecule has 0 bridgehead atoms. The molecule has 0 radical (unpaired) electrons. The third-order valence-corrected chi connectivity index (χ3v) is 5.03. The zero-order valence-electron chi connectivity index (χ0n) is 12.2. The molecule has 0 spiro atoms. The van der Waals surface area contributed by atoms with E-state index in [0.717, 1.165) is 38.9 Å². The first-order chi connectivity index (χ1) is 8.36. The molecule has 0 aromatic carbocycles. The standard InChI is InChI=1S/C14H29N3O/c1-13(2)10-17(8-7-16(13)3)12-5-4-6-14(15,9-12)11-18/h12,18H,4-11,15H2,1-3H3. The summed E-state index contributed by atoms with van der Waals surface area (Å²) in [5.74, 6) is 0. The van der Waals surface area contributed by atoms with E-state index in [2.05, 4.69) is 30.7 Å². The molecular formula is C14H29N3O. The second-order valence-corrected chi connectivity index (χ2v) is 6.98. The van der Waals surface area contributed by atoms with Crippen molar-refractivity contribution in [2.24, 2.45) is 5.73 Å². The molecule has 2 atom stereocenters. The average molecular weight is 255 g/mol. The predicted octanol–water partition coefficient (Wildman–Crippen LogP) is 0.645. The molecule has 4 nitrogen and oxygen atoms in total. The summed E-state index contributed by atoms with van der Waals surface area (Å²) in [4.78, 5) is 5.03. The Kier molecular flexibility index (Phi) is 4.02. The van der Waals surface area contributed by atoms with Crippen LogP contribution in [0.2, 0.25) is 0 Å². The van der Waals surface area contributed by atoms with Gasteiger partial charge >= 0.3 is 0 Å². The highest BCUT2D eigenvalue weighted by molar-refractivity contribution is 4.97. The second kappa shape index (κ2) is 5.08. The SMILES string of the molecule is CN1CCN(C2CCCC(N)(CO)C2)CC1(C)C. The minimum Gasteiger partial charge on any atom is -0.394 e. The Bertz CT molecular complexity index is 288. The highest BCUT2D eigenvalue weighted by Gasteiger charge is 2.39. The van der Waals surface area contributed by atoms with Gasteiger partial charge in [-0.2, -0.15) is 0 Å². The third-order valence-electron chi connectivity index (χ3n) is 5.03. The summed E-state index contributed by atoms with van der Waals surface area (Å²) in [6.07, 6.45) is 4.30. The van der Waals surface area contributed by atoms with E-state index in [1.54, 1.807) is 0 Å². The number of piperazine rings is 1. The lowest BCUT2D eigenvalue weighted by Crippen LogP contribution is -2.62. The van der Waals surface area contributed by atoms with Crippen LogP contribution in [0.5, 0.6) is 0 Å². The first kappa shape index (κ1) is 14.3. The van der Waals surface area contributed by atoms with Crippen molar-refractivity contribution in [3.8, 4) is 0 Å². The molecule has 1 aliphatic heterocycles. The highest BCUT2D eigenvalue weighted by Crippen LogP contribution is 2.31. The van der Waals surface area contributed by atoms with Crippen molar-refractivity contribution >= 4 is 0 Å². The molecule has 1 saturated carbocycles. The Morgan fingerprint density at radius 3 is 2.67 bits per heavy atom. The van der Waals surface area contributed by atoms with Gasteiger partial charge in [-0.3, -0.25) is 9.80 Å². The summed E-state index contributed by atoms with van der Waals surface area (Å²) >= 11 is 0. The van der Waals surface area contributed by atoms with Crippen LogP contribution in [0.25, 0.3) is 0 Å². The van der Waals surface area contributed by atoms with Crippen molar-refractivity contribution in [1.29, 1.82) is 0 Å². The minimum atomic E-state index is -0.337. The van der Waals surface area contributed by atoms with Crippen LogP contribution in [-0.4, -0.2) is 65.3 Å². The number of hydrogen-bond donors (Lipinski definition) is 2. The first-order valence-corrected chi connectivity index (χ1v) is 7.21. The Hall–Kier alpha value is -0.160. The summed E-state index contributed by atoms with van der Waals surface area (Å²) in [6.45, 7) is 8.11. The van der Waals surface area contributed by atoms with Crippen LogP contribution in [0.4, 0.5) is 0 Å². The second-order valence-electron chi connectivity index (χ2n) is 6.98. The van der Waals surface area contributed by atoms with Gasteiger partial charge < -0.3 is 10.8 Å². The Morgan fingerprint density at radius 2 is 2.06 bits per heavy atom. The third kappa shape index (κ3) is 2.87. The number of nitrogens with zero attached hydrogens (tertiary/aromatic N) is 2. The fraction of sp³-hybridized carbons (Fsp3) is 1.00. The smallest absolute Gasteiger partial charge is 0.0611 e. The molecule has 2 unspecified atom stereocenters. The van der Waals surface area contributed by atoms with E-state index in [9.17, 15) is 5.11 Å². The van der Waals surface area contributed by atoms with Crippen molar-refractivity contribution in [3.63, 3.8) is 0 Å². The molecule has 0 aromatic heterocycles. The molecule has 1 aliphatic carbocycles. The maximum absolute atomic E-state index is 9.46. The maximum atomic E-state index is 9.46. The van der Waals surface area contributed by atoms with E-state index in [1.807, 2.05) is 0 Å². The lowest BCUT2D eigenvalue weighted by molar-refractivity contribution is -0.00625. The van der Waals surface area contributed by atoms with E-state index >= 15 is 0 Å². The van der Waals surface area contributed by atoms with Gasteiger partial charge in [-0.05, 0) is 46.6 Å². The van der Waals surface area contributed by atoms with Crippen LogP contribution in [0.3, 0.4) is 0 Å². The van der Waals surface area contributed by atoms with Crippen molar-refractivity contribution in [3.05, 3.63) is 0 Å². The van der Waals surface area contributed by atoms with Crippen LogP contribution in [0.1, 0.15) is 39.5 Å². The Labute approximate surface area is 111 Å². The zero-order valence-corrected chi connectivity index (χ0v) is 12.2. The molecule has 106 valence electrons. The van der Waals surface area contributed by atoms with Crippen molar-refractivity contribution in [2.75, 3.05) is 33.3 Å². The molecule has 2 aliphatic rings. The van der Waals surface area contributed by atoms with Crippen LogP contribution < -0.4 is 5.73 Å². The zero-order chi connectivity index (χ0) is 13.4.